The number of aryl methyl sites for hydroxylation is 2. The molecular formula is C14H19N3O2S. The highest BCUT2D eigenvalue weighted by Gasteiger charge is 2.15. The summed E-state index contributed by atoms with van der Waals surface area (Å²) in [5, 5.41) is 6.79. The fourth-order valence-corrected chi connectivity index (χ4v) is 2.90. The Morgan fingerprint density at radius 2 is 1.90 bits per heavy atom. The number of H-pyrrole nitrogens is 1. The summed E-state index contributed by atoms with van der Waals surface area (Å²) in [5.41, 5.74) is 2.03. The Hall–Kier alpha value is -1.82. The predicted octanol–water partition coefficient (Wildman–Crippen LogP) is 2.73. The lowest BCUT2D eigenvalue weighted by molar-refractivity contribution is 0.601. The van der Waals surface area contributed by atoms with Gasteiger partial charge in [0.2, 0.25) is 0 Å². The van der Waals surface area contributed by atoms with Crippen LogP contribution in [0.1, 0.15) is 31.5 Å². The summed E-state index contributed by atoms with van der Waals surface area (Å²) in [6.45, 7) is 4.08. The lowest BCUT2D eigenvalue weighted by Crippen LogP contribution is -2.13. The first-order valence-electron chi connectivity index (χ1n) is 6.71. The van der Waals surface area contributed by atoms with E-state index >= 15 is 0 Å². The van der Waals surface area contributed by atoms with Gasteiger partial charge >= 0.3 is 0 Å². The monoisotopic (exact) mass is 293 g/mol. The molecule has 0 amide bonds. The molecule has 0 aliphatic carbocycles. The number of nitrogens with one attached hydrogen (secondary N) is 2. The molecule has 108 valence electrons. The molecule has 0 fully saturated rings. The van der Waals surface area contributed by atoms with E-state index in [2.05, 4.69) is 21.8 Å². The van der Waals surface area contributed by atoms with Gasteiger partial charge in [-0.15, -0.1) is 0 Å². The highest BCUT2D eigenvalue weighted by molar-refractivity contribution is 7.92. The average molecular weight is 293 g/mol. The topological polar surface area (TPSA) is 74.8 Å². The molecule has 20 heavy (non-hydrogen) atoms. The summed E-state index contributed by atoms with van der Waals surface area (Å²) in [7, 11) is -3.57. The Balaban J connectivity index is 2.16. The third-order valence-electron chi connectivity index (χ3n) is 3.03. The molecule has 0 bridgehead atoms. The summed E-state index contributed by atoms with van der Waals surface area (Å²) in [6, 6.07) is 8.59. The standard InChI is InChI=1S/C14H19N3O2S/c1-3-5-12-10-14(16-15-12)17-20(18,19)13-8-6-11(4-2)7-9-13/h6-10H,3-5H2,1-2H3,(H2,15,16,17). The molecule has 0 radical (unpaired) electrons. The van der Waals surface area contributed by atoms with Crippen LogP contribution in [-0.2, 0) is 22.9 Å². The molecule has 0 aliphatic rings. The van der Waals surface area contributed by atoms with E-state index in [0.29, 0.717) is 5.82 Å². The largest absolute Gasteiger partial charge is 0.280 e. The van der Waals surface area contributed by atoms with Crippen LogP contribution < -0.4 is 4.72 Å². The Morgan fingerprint density at radius 3 is 2.50 bits per heavy atom. The first-order valence-corrected chi connectivity index (χ1v) is 8.19. The van der Waals surface area contributed by atoms with Crippen molar-refractivity contribution in [3.8, 4) is 0 Å². The molecule has 0 spiro atoms. The van der Waals surface area contributed by atoms with E-state index in [0.717, 1.165) is 30.5 Å². The maximum absolute atomic E-state index is 12.2. The van der Waals surface area contributed by atoms with Crippen molar-refractivity contribution in [1.29, 1.82) is 0 Å². The number of benzene rings is 1. The second-order valence-electron chi connectivity index (χ2n) is 4.63. The Morgan fingerprint density at radius 1 is 1.20 bits per heavy atom. The van der Waals surface area contributed by atoms with E-state index in [1.807, 2.05) is 19.1 Å². The summed E-state index contributed by atoms with van der Waals surface area (Å²) in [6.07, 6.45) is 2.71. The minimum absolute atomic E-state index is 0.245. The van der Waals surface area contributed by atoms with Crippen LogP contribution in [0.15, 0.2) is 35.2 Å². The van der Waals surface area contributed by atoms with Gasteiger partial charge < -0.3 is 0 Å². The van der Waals surface area contributed by atoms with Crippen molar-refractivity contribution < 1.29 is 8.42 Å². The fraction of sp³-hybridized carbons (Fsp3) is 0.357. The van der Waals surface area contributed by atoms with E-state index in [-0.39, 0.29) is 4.90 Å². The van der Waals surface area contributed by atoms with Crippen LogP contribution in [0.5, 0.6) is 0 Å². The number of sulfonamides is 1. The number of hydrogen-bond donors (Lipinski definition) is 2. The molecule has 1 heterocycles. The summed E-state index contributed by atoms with van der Waals surface area (Å²) >= 11 is 0. The van der Waals surface area contributed by atoms with E-state index in [1.54, 1.807) is 18.2 Å². The molecule has 6 heteroatoms. The van der Waals surface area contributed by atoms with Crippen LogP contribution in [-0.4, -0.2) is 18.6 Å². The summed E-state index contributed by atoms with van der Waals surface area (Å²) in [5.74, 6) is 0.327. The van der Waals surface area contributed by atoms with Crippen molar-refractivity contribution in [2.45, 2.75) is 38.0 Å². The molecule has 0 saturated carbocycles. The zero-order valence-electron chi connectivity index (χ0n) is 11.7. The van der Waals surface area contributed by atoms with Crippen molar-refractivity contribution in [3.05, 3.63) is 41.6 Å². The van der Waals surface area contributed by atoms with Crippen molar-refractivity contribution in [1.82, 2.24) is 10.2 Å². The molecule has 0 aliphatic heterocycles. The number of rotatable bonds is 6. The second-order valence-corrected chi connectivity index (χ2v) is 6.31. The number of anilines is 1. The van der Waals surface area contributed by atoms with E-state index < -0.39 is 10.0 Å². The van der Waals surface area contributed by atoms with Crippen LogP contribution in [0.25, 0.3) is 0 Å². The molecule has 1 aromatic carbocycles. The molecule has 0 saturated heterocycles. The van der Waals surface area contributed by atoms with E-state index in [9.17, 15) is 8.42 Å². The highest BCUT2D eigenvalue weighted by atomic mass is 32.2. The van der Waals surface area contributed by atoms with Crippen LogP contribution in [0.4, 0.5) is 5.82 Å². The molecule has 1 aromatic heterocycles. The molecule has 2 rings (SSSR count). The van der Waals surface area contributed by atoms with Gasteiger partial charge in [0.25, 0.3) is 10.0 Å². The van der Waals surface area contributed by atoms with Gasteiger partial charge in [0.15, 0.2) is 5.82 Å². The third kappa shape index (κ3) is 3.39. The molecular weight excluding hydrogens is 274 g/mol. The highest BCUT2D eigenvalue weighted by Crippen LogP contribution is 2.16. The maximum atomic E-state index is 12.2. The van der Waals surface area contributed by atoms with Gasteiger partial charge in [-0.3, -0.25) is 9.82 Å². The average Bonchev–Trinajstić information content (AvgIpc) is 2.86. The van der Waals surface area contributed by atoms with Gasteiger partial charge in [0, 0.05) is 11.8 Å². The fourth-order valence-electron chi connectivity index (χ4n) is 1.91. The van der Waals surface area contributed by atoms with Gasteiger partial charge in [-0.1, -0.05) is 32.4 Å². The normalized spacial score (nSPS) is 11.5. The van der Waals surface area contributed by atoms with Crippen LogP contribution in [0.3, 0.4) is 0 Å². The van der Waals surface area contributed by atoms with Crippen molar-refractivity contribution in [3.63, 3.8) is 0 Å². The zero-order valence-corrected chi connectivity index (χ0v) is 12.5. The lowest BCUT2D eigenvalue weighted by Gasteiger charge is -2.05. The van der Waals surface area contributed by atoms with Crippen LogP contribution in [0, 0.1) is 0 Å². The molecule has 2 N–H and O–H groups in total. The Bertz CT molecular complexity index is 660. The van der Waals surface area contributed by atoms with Gasteiger partial charge in [-0.25, -0.2) is 8.42 Å². The van der Waals surface area contributed by atoms with Gasteiger partial charge in [0.05, 0.1) is 4.90 Å². The maximum Gasteiger partial charge on any atom is 0.263 e. The zero-order chi connectivity index (χ0) is 14.6. The summed E-state index contributed by atoms with van der Waals surface area (Å²) < 4.78 is 26.9. The van der Waals surface area contributed by atoms with Gasteiger partial charge in [0.1, 0.15) is 0 Å². The minimum atomic E-state index is -3.57. The molecule has 0 atom stereocenters. The summed E-state index contributed by atoms with van der Waals surface area (Å²) in [4.78, 5) is 0.245. The smallest absolute Gasteiger partial charge is 0.263 e. The third-order valence-corrected chi connectivity index (χ3v) is 4.40. The predicted molar refractivity (Wildman–Crippen MR) is 79.2 cm³/mol. The van der Waals surface area contributed by atoms with E-state index in [1.165, 1.54) is 0 Å². The lowest BCUT2D eigenvalue weighted by atomic mass is 10.2. The minimum Gasteiger partial charge on any atom is -0.280 e. The van der Waals surface area contributed by atoms with Crippen molar-refractivity contribution >= 4 is 15.8 Å². The Labute approximate surface area is 119 Å². The Kier molecular flexibility index (Phi) is 4.44. The first kappa shape index (κ1) is 14.6. The second kappa shape index (κ2) is 6.09. The quantitative estimate of drug-likeness (QED) is 0.860. The number of hydrogen-bond acceptors (Lipinski definition) is 3. The van der Waals surface area contributed by atoms with Gasteiger partial charge in [-0.05, 0) is 30.5 Å². The van der Waals surface area contributed by atoms with Crippen LogP contribution in [0.2, 0.25) is 0 Å². The molecule has 5 nitrogen and oxygen atoms in total. The number of nitrogens with zero attached hydrogens (tertiary/aromatic N) is 1. The van der Waals surface area contributed by atoms with Crippen molar-refractivity contribution in [2.24, 2.45) is 0 Å². The number of aromatic nitrogens is 2. The molecule has 0 unspecified atom stereocenters. The van der Waals surface area contributed by atoms with Crippen LogP contribution >= 0.6 is 0 Å². The first-order chi connectivity index (χ1) is 9.55. The SMILES string of the molecule is CCCc1cc(NS(=O)(=O)c2ccc(CC)cc2)n[nH]1. The molecule has 2 aromatic rings. The van der Waals surface area contributed by atoms with Crippen molar-refractivity contribution in [2.75, 3.05) is 4.72 Å². The number of aromatic amines is 1. The van der Waals surface area contributed by atoms with E-state index in [4.69, 9.17) is 0 Å². The van der Waals surface area contributed by atoms with Gasteiger partial charge in [-0.2, -0.15) is 5.10 Å².